The minimum absolute atomic E-state index is 0.292. The molecule has 4 unspecified atom stereocenters. The van der Waals surface area contributed by atoms with E-state index < -0.39 is 18.2 Å². The number of nitrogens with one attached hydrogen (secondary N) is 1. The van der Waals surface area contributed by atoms with Crippen LogP contribution in [0.15, 0.2) is 24.4 Å². The van der Waals surface area contributed by atoms with Crippen LogP contribution in [-0.4, -0.2) is 65.0 Å². The summed E-state index contributed by atoms with van der Waals surface area (Å²) in [4.78, 5) is 18.7. The van der Waals surface area contributed by atoms with Crippen LogP contribution in [0.4, 0.5) is 10.2 Å². The number of aliphatic hydroxyl groups is 1. The number of carbonyl (C=O) groups is 1. The number of piperidine rings is 1. The quantitative estimate of drug-likeness (QED) is 0.750. The van der Waals surface area contributed by atoms with Crippen molar-refractivity contribution in [3.8, 4) is 0 Å². The Hall–Kier alpha value is -1.80. The standard InChI is InChI=1S/C23H27ClFN3O3/c1-23(12-31-11-20(23)29)28-4-2-13(3-5-28)16-6-14-8-21(26-10-15(14)7-18(16)24)27-22(30)17-9-19(17)25/h6-8,10,13,17,19-20,29H,2-5,9,11-12H2,1H3,(H,26,27,30). The van der Waals surface area contributed by atoms with Crippen molar-refractivity contribution in [1.29, 1.82) is 0 Å². The van der Waals surface area contributed by atoms with E-state index >= 15 is 0 Å². The Bertz CT molecular complexity index is 1010. The largest absolute Gasteiger partial charge is 0.389 e. The van der Waals surface area contributed by atoms with Gasteiger partial charge in [0.25, 0.3) is 0 Å². The molecule has 0 spiro atoms. The van der Waals surface area contributed by atoms with Crippen molar-refractivity contribution in [3.63, 3.8) is 0 Å². The number of halogens is 2. The molecule has 0 radical (unpaired) electrons. The Morgan fingerprint density at radius 3 is 2.71 bits per heavy atom. The van der Waals surface area contributed by atoms with Crippen molar-refractivity contribution in [2.75, 3.05) is 31.6 Å². The molecule has 3 aliphatic rings. The number of fused-ring (bicyclic) bond motifs is 1. The molecule has 31 heavy (non-hydrogen) atoms. The van der Waals surface area contributed by atoms with Gasteiger partial charge in [-0.1, -0.05) is 11.6 Å². The predicted molar refractivity (Wildman–Crippen MR) is 117 cm³/mol. The highest BCUT2D eigenvalue weighted by Crippen LogP contribution is 2.39. The summed E-state index contributed by atoms with van der Waals surface area (Å²) < 4.78 is 18.6. The van der Waals surface area contributed by atoms with Gasteiger partial charge >= 0.3 is 0 Å². The summed E-state index contributed by atoms with van der Waals surface area (Å²) in [6, 6.07) is 5.83. The van der Waals surface area contributed by atoms with Crippen LogP contribution in [0.2, 0.25) is 5.02 Å². The summed E-state index contributed by atoms with van der Waals surface area (Å²) in [6.07, 6.45) is 2.38. The van der Waals surface area contributed by atoms with Crippen molar-refractivity contribution in [2.24, 2.45) is 5.92 Å². The molecule has 0 bridgehead atoms. The number of rotatable bonds is 4. The van der Waals surface area contributed by atoms with E-state index in [9.17, 15) is 14.3 Å². The van der Waals surface area contributed by atoms with Gasteiger partial charge in [0.1, 0.15) is 12.0 Å². The number of pyridine rings is 1. The van der Waals surface area contributed by atoms with Gasteiger partial charge in [-0.25, -0.2) is 9.37 Å². The zero-order valence-electron chi connectivity index (χ0n) is 17.5. The van der Waals surface area contributed by atoms with E-state index in [1.54, 1.807) is 6.20 Å². The van der Waals surface area contributed by atoms with Gasteiger partial charge in [0.2, 0.25) is 5.91 Å². The highest BCUT2D eigenvalue weighted by Gasteiger charge is 2.45. The first kappa shape index (κ1) is 21.1. The molecule has 2 saturated heterocycles. The average Bonchev–Trinajstić information content (AvgIpc) is 3.40. The van der Waals surface area contributed by atoms with Gasteiger partial charge in [0, 0.05) is 16.6 Å². The first-order valence-corrected chi connectivity index (χ1v) is 11.3. The molecule has 166 valence electrons. The lowest BCUT2D eigenvalue weighted by molar-refractivity contribution is -0.117. The summed E-state index contributed by atoms with van der Waals surface area (Å²) >= 11 is 6.63. The van der Waals surface area contributed by atoms with Gasteiger partial charge < -0.3 is 15.2 Å². The number of hydrogen-bond acceptors (Lipinski definition) is 5. The number of alkyl halides is 1. The molecule has 4 atom stereocenters. The third kappa shape index (κ3) is 3.93. The van der Waals surface area contributed by atoms with Crippen LogP contribution >= 0.6 is 11.6 Å². The molecule has 1 aromatic heterocycles. The molecule has 2 aromatic rings. The van der Waals surface area contributed by atoms with Gasteiger partial charge in [-0.3, -0.25) is 9.69 Å². The molecule has 1 amide bonds. The van der Waals surface area contributed by atoms with Crippen LogP contribution in [0, 0.1) is 5.92 Å². The monoisotopic (exact) mass is 447 g/mol. The van der Waals surface area contributed by atoms with E-state index in [0.29, 0.717) is 31.4 Å². The lowest BCUT2D eigenvalue weighted by Gasteiger charge is -2.43. The SMILES string of the molecule is CC1(N2CCC(c3cc4cc(NC(=O)C5CC5F)ncc4cc3Cl)CC2)COCC1O. The van der Waals surface area contributed by atoms with E-state index in [2.05, 4.69) is 28.2 Å². The number of carbonyl (C=O) groups excluding carboxylic acids is 1. The molecule has 1 saturated carbocycles. The maximum absolute atomic E-state index is 13.1. The van der Waals surface area contributed by atoms with E-state index in [0.717, 1.165) is 47.3 Å². The summed E-state index contributed by atoms with van der Waals surface area (Å²) in [6.45, 7) is 4.77. The lowest BCUT2D eigenvalue weighted by Crippen LogP contribution is -2.56. The lowest BCUT2D eigenvalue weighted by atomic mass is 9.85. The molecule has 3 heterocycles. The Morgan fingerprint density at radius 2 is 2.06 bits per heavy atom. The van der Waals surface area contributed by atoms with Crippen LogP contribution in [-0.2, 0) is 9.53 Å². The van der Waals surface area contributed by atoms with Gasteiger partial charge in [-0.2, -0.15) is 0 Å². The first-order chi connectivity index (χ1) is 14.8. The minimum Gasteiger partial charge on any atom is -0.389 e. The first-order valence-electron chi connectivity index (χ1n) is 10.9. The number of aliphatic hydroxyl groups excluding tert-OH is 1. The van der Waals surface area contributed by atoms with Crippen LogP contribution < -0.4 is 5.32 Å². The molecule has 3 fully saturated rings. The van der Waals surface area contributed by atoms with Crippen LogP contribution in [0.25, 0.3) is 10.8 Å². The highest BCUT2D eigenvalue weighted by molar-refractivity contribution is 6.32. The van der Waals surface area contributed by atoms with E-state index in [4.69, 9.17) is 16.3 Å². The van der Waals surface area contributed by atoms with Crippen molar-refractivity contribution >= 4 is 34.1 Å². The second-order valence-electron chi connectivity index (χ2n) is 9.29. The van der Waals surface area contributed by atoms with E-state index in [1.807, 2.05) is 12.1 Å². The van der Waals surface area contributed by atoms with Crippen LogP contribution in [0.5, 0.6) is 0 Å². The third-order valence-electron chi connectivity index (χ3n) is 7.18. The fraction of sp³-hybridized carbons (Fsp3) is 0.565. The Balaban J connectivity index is 1.32. The highest BCUT2D eigenvalue weighted by atomic mass is 35.5. The molecule has 1 aromatic carbocycles. The zero-order valence-corrected chi connectivity index (χ0v) is 18.2. The van der Waals surface area contributed by atoms with Crippen molar-refractivity contribution < 1.29 is 19.0 Å². The number of aromatic nitrogens is 1. The second kappa shape index (κ2) is 7.96. The number of hydrogen-bond donors (Lipinski definition) is 2. The van der Waals surface area contributed by atoms with Crippen LogP contribution in [0.1, 0.15) is 37.7 Å². The minimum atomic E-state index is -1.03. The Labute approximate surface area is 185 Å². The molecular weight excluding hydrogens is 421 g/mol. The predicted octanol–water partition coefficient (Wildman–Crippen LogP) is 3.51. The van der Waals surface area contributed by atoms with Gasteiger partial charge in [-0.15, -0.1) is 0 Å². The van der Waals surface area contributed by atoms with Crippen molar-refractivity contribution in [3.05, 3.63) is 35.0 Å². The smallest absolute Gasteiger partial charge is 0.231 e. The summed E-state index contributed by atoms with van der Waals surface area (Å²) in [5, 5.41) is 15.6. The van der Waals surface area contributed by atoms with Gasteiger partial charge in [0.05, 0.1) is 30.8 Å². The molecule has 2 N–H and O–H groups in total. The van der Waals surface area contributed by atoms with Crippen LogP contribution in [0.3, 0.4) is 0 Å². The molecule has 5 rings (SSSR count). The normalized spacial score (nSPS) is 31.8. The summed E-state index contributed by atoms with van der Waals surface area (Å²) in [5.74, 6) is -0.106. The maximum atomic E-state index is 13.1. The number of ether oxygens (including phenoxy) is 1. The fourth-order valence-corrected chi connectivity index (χ4v) is 5.20. The Morgan fingerprint density at radius 1 is 1.32 bits per heavy atom. The molecular formula is C23H27ClFN3O3. The average molecular weight is 448 g/mol. The fourth-order valence-electron chi connectivity index (χ4n) is 4.88. The topological polar surface area (TPSA) is 74.7 Å². The molecule has 2 aliphatic heterocycles. The molecule has 1 aliphatic carbocycles. The number of benzene rings is 1. The van der Waals surface area contributed by atoms with Gasteiger partial charge in [0.15, 0.2) is 0 Å². The maximum Gasteiger partial charge on any atom is 0.231 e. The number of nitrogens with zero attached hydrogens (tertiary/aromatic N) is 2. The Kier molecular flexibility index (Phi) is 5.41. The third-order valence-corrected chi connectivity index (χ3v) is 7.51. The van der Waals surface area contributed by atoms with E-state index in [-0.39, 0.29) is 11.4 Å². The van der Waals surface area contributed by atoms with Crippen molar-refractivity contribution in [2.45, 2.75) is 49.9 Å². The zero-order chi connectivity index (χ0) is 21.8. The number of likely N-dealkylation sites (tertiary alicyclic amines) is 1. The van der Waals surface area contributed by atoms with Gasteiger partial charge in [-0.05, 0) is 74.3 Å². The summed E-state index contributed by atoms with van der Waals surface area (Å²) in [7, 11) is 0. The molecule has 8 heteroatoms. The molecule has 6 nitrogen and oxygen atoms in total. The second-order valence-corrected chi connectivity index (χ2v) is 9.69. The number of anilines is 1. The van der Waals surface area contributed by atoms with E-state index in [1.165, 1.54) is 0 Å². The number of amides is 1. The summed E-state index contributed by atoms with van der Waals surface area (Å²) in [5.41, 5.74) is 0.772. The van der Waals surface area contributed by atoms with Crippen molar-refractivity contribution in [1.82, 2.24) is 9.88 Å².